The topological polar surface area (TPSA) is 133 Å². The van der Waals surface area contributed by atoms with Crippen molar-refractivity contribution in [3.63, 3.8) is 0 Å². The van der Waals surface area contributed by atoms with Crippen LogP contribution in [0.2, 0.25) is 0 Å². The van der Waals surface area contributed by atoms with Crippen LogP contribution in [0.1, 0.15) is 18.5 Å². The number of carbonyl (C=O) groups is 1. The number of halogens is 1. The molecule has 0 spiro atoms. The van der Waals surface area contributed by atoms with Gasteiger partial charge in [0, 0.05) is 0 Å². The Bertz CT molecular complexity index is 1410. The second-order valence-electron chi connectivity index (χ2n) is 7.14. The summed E-state index contributed by atoms with van der Waals surface area (Å²) in [6, 6.07) is 11.6. The summed E-state index contributed by atoms with van der Waals surface area (Å²) >= 11 is 1.24. The first-order chi connectivity index (χ1) is 15.7. The Labute approximate surface area is 193 Å². The van der Waals surface area contributed by atoms with Gasteiger partial charge in [0.1, 0.15) is 17.2 Å². The van der Waals surface area contributed by atoms with Gasteiger partial charge in [-0.1, -0.05) is 23.9 Å². The molecule has 9 nitrogen and oxygen atoms in total. The first kappa shape index (κ1) is 22.8. The highest BCUT2D eigenvalue weighted by Crippen LogP contribution is 2.26. The number of hydrogen-bond donors (Lipinski definition) is 2. The normalized spacial score (nSPS) is 12.6. The van der Waals surface area contributed by atoms with Gasteiger partial charge < -0.3 is 5.32 Å². The number of benzene rings is 2. The molecule has 0 saturated heterocycles. The number of nitrogens with two attached hydrogens (primary N) is 1. The number of nitrogens with one attached hydrogen (secondary N) is 1. The molecule has 2 aromatic carbocycles. The van der Waals surface area contributed by atoms with Crippen LogP contribution in [-0.4, -0.2) is 39.8 Å². The first-order valence-electron chi connectivity index (χ1n) is 9.72. The predicted octanol–water partition coefficient (Wildman–Crippen LogP) is 2.57. The van der Waals surface area contributed by atoms with Gasteiger partial charge in [0.2, 0.25) is 15.9 Å². The Hall–Kier alpha value is -3.35. The Balaban J connectivity index is 1.43. The third-order valence-electron chi connectivity index (χ3n) is 4.83. The molecule has 170 valence electrons. The summed E-state index contributed by atoms with van der Waals surface area (Å²) in [6.07, 6.45) is 2.99. The molecule has 4 aromatic rings. The van der Waals surface area contributed by atoms with Crippen molar-refractivity contribution in [1.82, 2.24) is 25.1 Å². The molecule has 12 heteroatoms. The van der Waals surface area contributed by atoms with Crippen LogP contribution in [-0.2, 0) is 14.8 Å². The van der Waals surface area contributed by atoms with E-state index >= 15 is 0 Å². The summed E-state index contributed by atoms with van der Waals surface area (Å²) < 4.78 is 37.5. The molecule has 2 heterocycles. The molecule has 2 aromatic heterocycles. The zero-order chi connectivity index (χ0) is 23.6. The lowest BCUT2D eigenvalue weighted by atomic mass is 10.1. The molecular formula is C21H19FN6O3S2. The predicted molar refractivity (Wildman–Crippen MR) is 122 cm³/mol. The van der Waals surface area contributed by atoms with Crippen LogP contribution in [0.15, 0.2) is 71.0 Å². The quantitative estimate of drug-likeness (QED) is 0.303. The fourth-order valence-corrected chi connectivity index (χ4v) is 4.44. The van der Waals surface area contributed by atoms with Crippen LogP contribution >= 0.6 is 11.8 Å². The number of primary sulfonamides is 1. The van der Waals surface area contributed by atoms with Crippen molar-refractivity contribution in [2.24, 2.45) is 5.14 Å². The van der Waals surface area contributed by atoms with E-state index in [-0.39, 0.29) is 28.4 Å². The molecular weight excluding hydrogens is 467 g/mol. The van der Waals surface area contributed by atoms with Crippen LogP contribution in [0, 0.1) is 5.82 Å². The molecule has 0 aliphatic rings. The van der Waals surface area contributed by atoms with E-state index in [1.54, 1.807) is 42.1 Å². The van der Waals surface area contributed by atoms with Crippen LogP contribution in [0.4, 0.5) is 4.39 Å². The fourth-order valence-electron chi connectivity index (χ4n) is 3.16. The smallest absolute Gasteiger partial charge is 0.238 e. The molecule has 1 amide bonds. The summed E-state index contributed by atoms with van der Waals surface area (Å²) in [7, 11) is -3.77. The molecule has 33 heavy (non-hydrogen) atoms. The van der Waals surface area contributed by atoms with Gasteiger partial charge in [-0.2, -0.15) is 5.10 Å². The molecule has 0 radical (unpaired) electrons. The lowest BCUT2D eigenvalue weighted by molar-refractivity contribution is -0.119. The van der Waals surface area contributed by atoms with Crippen LogP contribution in [0.5, 0.6) is 0 Å². The number of fused-ring (bicyclic) bond motifs is 1. The van der Waals surface area contributed by atoms with Crippen molar-refractivity contribution in [3.8, 4) is 5.69 Å². The van der Waals surface area contributed by atoms with Crippen LogP contribution in [0.25, 0.3) is 16.7 Å². The number of carbonyl (C=O) groups excluding carboxylic acids is 1. The molecule has 0 fully saturated rings. The van der Waals surface area contributed by atoms with Crippen molar-refractivity contribution in [3.05, 3.63) is 72.4 Å². The van der Waals surface area contributed by atoms with E-state index in [9.17, 15) is 17.6 Å². The summed E-state index contributed by atoms with van der Waals surface area (Å²) in [6.45, 7) is 1.80. The Kier molecular flexibility index (Phi) is 6.40. The minimum Gasteiger partial charge on any atom is -0.349 e. The number of aromatic nitrogens is 4. The minimum absolute atomic E-state index is 0.00861. The first-order valence-corrected chi connectivity index (χ1v) is 12.2. The molecule has 0 aliphatic heterocycles. The molecule has 0 aliphatic carbocycles. The second-order valence-corrected chi connectivity index (χ2v) is 9.67. The highest BCUT2D eigenvalue weighted by molar-refractivity contribution is 8.00. The molecule has 4 rings (SSSR count). The van der Waals surface area contributed by atoms with Gasteiger partial charge in [-0.3, -0.25) is 4.79 Å². The highest BCUT2D eigenvalue weighted by Gasteiger charge is 2.15. The highest BCUT2D eigenvalue weighted by atomic mass is 32.2. The summed E-state index contributed by atoms with van der Waals surface area (Å²) in [5, 5.41) is 13.6. The van der Waals surface area contributed by atoms with Gasteiger partial charge in [-0.05, 0) is 48.9 Å². The number of hydrogen-bond acceptors (Lipinski definition) is 7. The van der Waals surface area contributed by atoms with Gasteiger partial charge in [0.15, 0.2) is 5.65 Å². The van der Waals surface area contributed by atoms with Crippen molar-refractivity contribution in [2.45, 2.75) is 22.9 Å². The average Bonchev–Trinajstić information content (AvgIpc) is 3.22. The van der Waals surface area contributed by atoms with Gasteiger partial charge in [-0.15, -0.1) is 0 Å². The fraction of sp³-hybridized carbons (Fsp3) is 0.143. The van der Waals surface area contributed by atoms with Gasteiger partial charge in [-0.25, -0.2) is 32.6 Å². The molecule has 1 unspecified atom stereocenters. The Morgan fingerprint density at radius 1 is 1.15 bits per heavy atom. The zero-order valence-electron chi connectivity index (χ0n) is 17.3. The minimum atomic E-state index is -3.77. The third-order valence-corrected chi connectivity index (χ3v) is 6.76. The number of thioether (sulfide) groups is 1. The zero-order valence-corrected chi connectivity index (χ0v) is 19.0. The Morgan fingerprint density at radius 3 is 2.52 bits per heavy atom. The number of nitrogens with zero attached hydrogens (tertiary/aromatic N) is 4. The lowest BCUT2D eigenvalue weighted by Gasteiger charge is -2.14. The van der Waals surface area contributed by atoms with Crippen LogP contribution < -0.4 is 10.5 Å². The number of sulfonamides is 1. The third kappa shape index (κ3) is 5.18. The van der Waals surface area contributed by atoms with E-state index in [4.69, 9.17) is 5.14 Å². The standard InChI is InChI=1S/C21H19FN6O3S2/c1-13(14-2-8-17(9-3-14)33(23,30)31)27-19(29)11-32-21-18-10-26-28(20(18)24-12-25-21)16-6-4-15(22)5-7-16/h2-10,12-13H,11H2,1H3,(H,27,29)(H2,23,30,31). The van der Waals surface area contributed by atoms with Crippen molar-refractivity contribution in [1.29, 1.82) is 0 Å². The van der Waals surface area contributed by atoms with Crippen LogP contribution in [0.3, 0.4) is 0 Å². The van der Waals surface area contributed by atoms with Crippen molar-refractivity contribution in [2.75, 3.05) is 5.75 Å². The van der Waals surface area contributed by atoms with E-state index in [0.29, 0.717) is 21.7 Å². The van der Waals surface area contributed by atoms with E-state index < -0.39 is 10.0 Å². The average molecular weight is 487 g/mol. The summed E-state index contributed by atoms with van der Waals surface area (Å²) in [5.41, 5.74) is 1.94. The maximum Gasteiger partial charge on any atom is 0.238 e. The van der Waals surface area contributed by atoms with E-state index in [1.807, 2.05) is 0 Å². The molecule has 0 bridgehead atoms. The number of amides is 1. The maximum atomic E-state index is 13.2. The van der Waals surface area contributed by atoms with E-state index in [2.05, 4.69) is 20.4 Å². The monoisotopic (exact) mass is 486 g/mol. The summed E-state index contributed by atoms with van der Waals surface area (Å²) in [4.78, 5) is 21.0. The van der Waals surface area contributed by atoms with Crippen molar-refractivity contribution >= 4 is 38.7 Å². The molecule has 3 N–H and O–H groups in total. The van der Waals surface area contributed by atoms with Gasteiger partial charge in [0.25, 0.3) is 0 Å². The largest absolute Gasteiger partial charge is 0.349 e. The number of rotatable bonds is 7. The van der Waals surface area contributed by atoms with Crippen molar-refractivity contribution < 1.29 is 17.6 Å². The van der Waals surface area contributed by atoms with Gasteiger partial charge >= 0.3 is 0 Å². The van der Waals surface area contributed by atoms with E-state index in [1.165, 1.54) is 42.4 Å². The molecule has 1 atom stereocenters. The van der Waals surface area contributed by atoms with E-state index in [0.717, 1.165) is 5.56 Å². The van der Waals surface area contributed by atoms with Gasteiger partial charge in [0.05, 0.1) is 34.0 Å². The maximum absolute atomic E-state index is 13.2. The summed E-state index contributed by atoms with van der Waals surface area (Å²) in [5.74, 6) is -0.463. The Morgan fingerprint density at radius 2 is 1.85 bits per heavy atom. The second kappa shape index (κ2) is 9.25. The molecule has 0 saturated carbocycles. The SMILES string of the molecule is CC(NC(=O)CSc1ncnc2c1cnn2-c1ccc(F)cc1)c1ccc(S(N)(=O)=O)cc1. The lowest BCUT2D eigenvalue weighted by Crippen LogP contribution is -2.28.